The Labute approximate surface area is 156 Å². The highest BCUT2D eigenvalue weighted by molar-refractivity contribution is 7.94. The lowest BCUT2D eigenvalue weighted by atomic mass is 10.00. The Morgan fingerprint density at radius 2 is 1.93 bits per heavy atom. The van der Waals surface area contributed by atoms with Crippen LogP contribution in [0.3, 0.4) is 0 Å². The number of hydrogen-bond donors (Lipinski definition) is 2. The molecule has 0 radical (unpaired) electrons. The third-order valence-electron chi connectivity index (χ3n) is 5.16. The van der Waals surface area contributed by atoms with Gasteiger partial charge in [-0.05, 0) is 35.4 Å². The van der Waals surface area contributed by atoms with Crippen LogP contribution in [0.1, 0.15) is 12.0 Å². The smallest absolute Gasteiger partial charge is 0.326 e. The van der Waals surface area contributed by atoms with E-state index in [1.165, 1.54) is 7.05 Å². The third kappa shape index (κ3) is 2.81. The summed E-state index contributed by atoms with van der Waals surface area (Å²) in [5, 5.41) is 9.34. The normalized spacial score (nSPS) is 22.0. The zero-order chi connectivity index (χ0) is 19.6. The number of aliphatic hydroxyl groups is 1. The van der Waals surface area contributed by atoms with Gasteiger partial charge in [-0.2, -0.15) is 8.42 Å². The number of alkyl halides is 2. The van der Waals surface area contributed by atoms with Gasteiger partial charge in [-0.25, -0.2) is 8.78 Å². The molecule has 27 heavy (non-hydrogen) atoms. The average molecular weight is 395 g/mol. The Balaban J connectivity index is 1.76. The first kappa shape index (κ1) is 18.0. The van der Waals surface area contributed by atoms with Crippen molar-refractivity contribution >= 4 is 27.3 Å². The van der Waals surface area contributed by atoms with E-state index in [0.717, 1.165) is 8.61 Å². The predicted octanol–water partition coefficient (Wildman–Crippen LogP) is 2.58. The number of anilines is 3. The number of nitrogens with zero attached hydrogens (tertiary/aromatic N) is 2. The lowest BCUT2D eigenvalue weighted by Crippen LogP contribution is -2.37. The maximum absolute atomic E-state index is 13.3. The van der Waals surface area contributed by atoms with Crippen LogP contribution < -0.4 is 14.3 Å². The maximum atomic E-state index is 13.3. The van der Waals surface area contributed by atoms with Crippen molar-refractivity contribution in [2.45, 2.75) is 19.0 Å². The van der Waals surface area contributed by atoms with E-state index < -0.39 is 22.0 Å². The van der Waals surface area contributed by atoms with Crippen molar-refractivity contribution in [2.75, 3.05) is 27.9 Å². The van der Waals surface area contributed by atoms with Gasteiger partial charge in [0.1, 0.15) is 0 Å². The van der Waals surface area contributed by atoms with Crippen LogP contribution in [-0.4, -0.2) is 33.0 Å². The SMILES string of the molecule is CN1c2cc(-c3cc(CO)ccc3N)ccc2N(CC2CC2(F)F)S1(=O)=O. The number of nitrogen functional groups attached to an aromatic ring is 1. The summed E-state index contributed by atoms with van der Waals surface area (Å²) in [4.78, 5) is 0. The minimum absolute atomic E-state index is 0.143. The van der Waals surface area contributed by atoms with Gasteiger partial charge in [0.05, 0.1) is 18.0 Å². The predicted molar refractivity (Wildman–Crippen MR) is 99.9 cm³/mol. The van der Waals surface area contributed by atoms with Crippen molar-refractivity contribution in [3.05, 3.63) is 42.0 Å². The topological polar surface area (TPSA) is 86.9 Å². The molecule has 1 fully saturated rings. The molecule has 1 aliphatic carbocycles. The molecule has 0 aromatic heterocycles. The van der Waals surface area contributed by atoms with Gasteiger partial charge in [0.25, 0.3) is 5.92 Å². The van der Waals surface area contributed by atoms with Crippen LogP contribution in [0.15, 0.2) is 36.4 Å². The minimum atomic E-state index is -3.89. The molecule has 1 saturated carbocycles. The molecule has 0 amide bonds. The van der Waals surface area contributed by atoms with Crippen molar-refractivity contribution in [1.82, 2.24) is 0 Å². The van der Waals surface area contributed by atoms with Gasteiger partial charge in [0, 0.05) is 37.2 Å². The van der Waals surface area contributed by atoms with Gasteiger partial charge in [-0.15, -0.1) is 0 Å². The van der Waals surface area contributed by atoms with Crippen LogP contribution in [0.5, 0.6) is 0 Å². The number of hydrogen-bond acceptors (Lipinski definition) is 4. The molecule has 4 rings (SSSR count). The number of halogens is 2. The van der Waals surface area contributed by atoms with Crippen molar-refractivity contribution in [3.8, 4) is 11.1 Å². The molecule has 2 aromatic rings. The summed E-state index contributed by atoms with van der Waals surface area (Å²) >= 11 is 0. The lowest BCUT2D eigenvalue weighted by molar-refractivity contribution is 0.101. The molecule has 1 atom stereocenters. The van der Waals surface area contributed by atoms with Crippen LogP contribution in [-0.2, 0) is 16.8 Å². The fraction of sp³-hybridized carbons (Fsp3) is 0.333. The highest BCUT2D eigenvalue weighted by Gasteiger charge is 2.59. The van der Waals surface area contributed by atoms with Crippen LogP contribution in [0.25, 0.3) is 11.1 Å². The summed E-state index contributed by atoms with van der Waals surface area (Å²) in [7, 11) is -2.49. The van der Waals surface area contributed by atoms with Crippen LogP contribution in [0.4, 0.5) is 25.8 Å². The van der Waals surface area contributed by atoms with E-state index in [0.29, 0.717) is 33.8 Å². The fourth-order valence-corrected chi connectivity index (χ4v) is 4.82. The number of fused-ring (bicyclic) bond motifs is 1. The maximum Gasteiger partial charge on any atom is 0.326 e. The Bertz CT molecular complexity index is 1030. The van der Waals surface area contributed by atoms with Crippen LogP contribution in [0, 0.1) is 5.92 Å². The van der Waals surface area contributed by atoms with E-state index in [1.54, 1.807) is 36.4 Å². The van der Waals surface area contributed by atoms with Gasteiger partial charge < -0.3 is 10.8 Å². The van der Waals surface area contributed by atoms with Gasteiger partial charge >= 0.3 is 10.2 Å². The van der Waals surface area contributed by atoms with E-state index in [-0.39, 0.29) is 19.6 Å². The largest absolute Gasteiger partial charge is 0.398 e. The Morgan fingerprint density at radius 3 is 2.56 bits per heavy atom. The molecular formula is C18H19F2N3O3S. The monoisotopic (exact) mass is 395 g/mol. The van der Waals surface area contributed by atoms with Gasteiger partial charge in [-0.3, -0.25) is 8.61 Å². The Kier molecular flexibility index (Phi) is 3.87. The van der Waals surface area contributed by atoms with Crippen molar-refractivity contribution < 1.29 is 22.3 Å². The molecule has 0 saturated heterocycles. The van der Waals surface area contributed by atoms with Crippen molar-refractivity contribution in [1.29, 1.82) is 0 Å². The second-order valence-corrected chi connectivity index (χ2v) is 8.84. The molecule has 2 aromatic carbocycles. The minimum Gasteiger partial charge on any atom is -0.398 e. The van der Waals surface area contributed by atoms with Gasteiger partial charge in [0.15, 0.2) is 0 Å². The number of nitrogens with two attached hydrogens (primary N) is 1. The third-order valence-corrected chi connectivity index (χ3v) is 6.95. The number of aliphatic hydroxyl groups excluding tert-OH is 1. The highest BCUT2D eigenvalue weighted by Crippen LogP contribution is 2.51. The molecule has 1 unspecified atom stereocenters. The zero-order valence-electron chi connectivity index (χ0n) is 14.6. The molecule has 1 aliphatic heterocycles. The molecule has 9 heteroatoms. The van der Waals surface area contributed by atoms with E-state index in [4.69, 9.17) is 5.73 Å². The lowest BCUT2D eigenvalue weighted by Gasteiger charge is -2.18. The average Bonchev–Trinajstić information content (AvgIpc) is 3.19. The molecule has 0 bridgehead atoms. The zero-order valence-corrected chi connectivity index (χ0v) is 15.4. The molecule has 6 nitrogen and oxygen atoms in total. The van der Waals surface area contributed by atoms with E-state index in [1.807, 2.05) is 0 Å². The molecule has 2 aliphatic rings. The summed E-state index contributed by atoms with van der Waals surface area (Å²) in [6.07, 6.45) is -0.291. The molecular weight excluding hydrogens is 376 g/mol. The second-order valence-electron chi connectivity index (χ2n) is 6.95. The van der Waals surface area contributed by atoms with Gasteiger partial charge in [0.2, 0.25) is 0 Å². The molecule has 144 valence electrons. The first-order chi connectivity index (χ1) is 12.6. The summed E-state index contributed by atoms with van der Waals surface area (Å²) < 4.78 is 54.1. The summed E-state index contributed by atoms with van der Waals surface area (Å²) in [5.41, 5.74) is 9.34. The van der Waals surface area contributed by atoms with E-state index >= 15 is 0 Å². The van der Waals surface area contributed by atoms with E-state index in [9.17, 15) is 22.3 Å². The molecule has 1 heterocycles. The first-order valence-corrected chi connectivity index (χ1v) is 9.83. The van der Waals surface area contributed by atoms with E-state index in [2.05, 4.69) is 0 Å². The first-order valence-electron chi connectivity index (χ1n) is 8.43. The van der Waals surface area contributed by atoms with Gasteiger partial charge in [-0.1, -0.05) is 12.1 Å². The highest BCUT2D eigenvalue weighted by atomic mass is 32.2. The van der Waals surface area contributed by atoms with Crippen molar-refractivity contribution in [3.63, 3.8) is 0 Å². The Hall–Kier alpha value is -2.39. The summed E-state index contributed by atoms with van der Waals surface area (Å²) in [6.45, 7) is -0.385. The van der Waals surface area contributed by atoms with Crippen molar-refractivity contribution in [2.24, 2.45) is 5.92 Å². The van der Waals surface area contributed by atoms with Crippen LogP contribution in [0.2, 0.25) is 0 Å². The summed E-state index contributed by atoms with van der Waals surface area (Å²) in [5.74, 6) is -3.75. The number of benzene rings is 2. The molecule has 3 N–H and O–H groups in total. The van der Waals surface area contributed by atoms with Crippen LogP contribution >= 0.6 is 0 Å². The fourth-order valence-electron chi connectivity index (χ4n) is 3.36. The standard InChI is InChI=1S/C18H19F2N3O3S/c1-22-17-7-12(14-6-11(10-24)2-4-15(14)21)3-5-16(17)23(27(22,25)26)9-13-8-18(13,19)20/h2-7,13,24H,8-10,21H2,1H3. The second kappa shape index (κ2) is 5.80. The Morgan fingerprint density at radius 1 is 1.22 bits per heavy atom. The number of rotatable bonds is 4. The summed E-state index contributed by atoms with van der Waals surface area (Å²) in [6, 6.07) is 10.1. The quantitative estimate of drug-likeness (QED) is 0.779. The molecule has 0 spiro atoms.